The van der Waals surface area contributed by atoms with E-state index in [1.54, 1.807) is 0 Å². The molecule has 0 amide bonds. The number of hydrogen-bond donors (Lipinski definition) is 0. The summed E-state index contributed by atoms with van der Waals surface area (Å²) in [5.41, 5.74) is 1.44. The zero-order valence-electron chi connectivity index (χ0n) is 7.54. The van der Waals surface area contributed by atoms with E-state index in [4.69, 9.17) is 0 Å². The van der Waals surface area contributed by atoms with E-state index < -0.39 is 0 Å². The summed E-state index contributed by atoms with van der Waals surface area (Å²) in [6.07, 6.45) is 5.41. The van der Waals surface area contributed by atoms with Crippen molar-refractivity contribution in [1.29, 1.82) is 0 Å². The Bertz CT molecular complexity index is 213. The fourth-order valence-electron chi connectivity index (χ4n) is 1.08. The molecule has 1 aromatic rings. The molecule has 0 spiro atoms. The molecule has 1 heteroatoms. The van der Waals surface area contributed by atoms with Gasteiger partial charge in [0.15, 0.2) is 12.4 Å². The molecule has 0 saturated heterocycles. The van der Waals surface area contributed by atoms with Crippen LogP contribution >= 0.6 is 0 Å². The van der Waals surface area contributed by atoms with Gasteiger partial charge in [0.1, 0.15) is 7.05 Å². The van der Waals surface area contributed by atoms with Gasteiger partial charge in [-0.25, -0.2) is 4.57 Å². The van der Waals surface area contributed by atoms with Gasteiger partial charge in [-0.3, -0.25) is 0 Å². The van der Waals surface area contributed by atoms with Gasteiger partial charge < -0.3 is 0 Å². The lowest BCUT2D eigenvalue weighted by molar-refractivity contribution is -0.671. The van der Waals surface area contributed by atoms with Gasteiger partial charge in [-0.05, 0) is 17.9 Å². The molecule has 1 nitrogen and oxygen atoms in total. The Morgan fingerprint density at radius 3 is 2.36 bits per heavy atom. The predicted molar refractivity (Wildman–Crippen MR) is 46.3 cm³/mol. The molecule has 1 atom stereocenters. The minimum atomic E-state index is 0.691. The van der Waals surface area contributed by atoms with E-state index in [1.165, 1.54) is 12.0 Å². The minimum absolute atomic E-state index is 0.691. The summed E-state index contributed by atoms with van der Waals surface area (Å²) in [5, 5.41) is 0. The summed E-state index contributed by atoms with van der Waals surface area (Å²) in [7, 11) is 2.04. The molecule has 11 heavy (non-hydrogen) atoms. The van der Waals surface area contributed by atoms with Crippen LogP contribution in [0.25, 0.3) is 0 Å². The number of rotatable bonds is 2. The van der Waals surface area contributed by atoms with Crippen LogP contribution in [0.4, 0.5) is 0 Å². The van der Waals surface area contributed by atoms with Crippen LogP contribution in [0.1, 0.15) is 31.7 Å². The average Bonchev–Trinajstić information content (AvgIpc) is 2.05. The SMILES string of the molecule is CCC(C)c1cc[n+](C)cc1. The number of pyridine rings is 1. The fourth-order valence-corrected chi connectivity index (χ4v) is 1.08. The highest BCUT2D eigenvalue weighted by molar-refractivity contribution is 5.12. The fraction of sp³-hybridized carbons (Fsp3) is 0.500. The van der Waals surface area contributed by atoms with Crippen LogP contribution < -0.4 is 4.57 Å². The second-order valence-corrected chi connectivity index (χ2v) is 3.11. The van der Waals surface area contributed by atoms with Crippen LogP contribution in [0.3, 0.4) is 0 Å². The first kappa shape index (κ1) is 8.25. The molecule has 0 aromatic carbocycles. The molecule has 0 bridgehead atoms. The molecule has 0 aliphatic carbocycles. The molecule has 0 saturated carbocycles. The van der Waals surface area contributed by atoms with E-state index in [2.05, 4.69) is 42.9 Å². The van der Waals surface area contributed by atoms with E-state index in [0.29, 0.717) is 5.92 Å². The van der Waals surface area contributed by atoms with Gasteiger partial charge in [0, 0.05) is 12.1 Å². The third-order valence-corrected chi connectivity index (χ3v) is 2.19. The third-order valence-electron chi connectivity index (χ3n) is 2.19. The second-order valence-electron chi connectivity index (χ2n) is 3.11. The Kier molecular flexibility index (Phi) is 2.64. The monoisotopic (exact) mass is 150 g/mol. The number of hydrogen-bond acceptors (Lipinski definition) is 0. The Balaban J connectivity index is 2.81. The third kappa shape index (κ3) is 2.04. The summed E-state index contributed by atoms with van der Waals surface area (Å²) < 4.78 is 2.06. The predicted octanol–water partition coefficient (Wildman–Crippen LogP) is 2.02. The van der Waals surface area contributed by atoms with Crippen molar-refractivity contribution >= 4 is 0 Å². The lowest BCUT2D eigenvalue weighted by Gasteiger charge is -2.05. The molecule has 0 N–H and O–H groups in total. The molecule has 0 radical (unpaired) electrons. The maximum Gasteiger partial charge on any atom is 0.168 e. The topological polar surface area (TPSA) is 3.88 Å². The first-order valence-electron chi connectivity index (χ1n) is 4.19. The first-order valence-corrected chi connectivity index (χ1v) is 4.19. The van der Waals surface area contributed by atoms with Crippen LogP contribution in [0.5, 0.6) is 0 Å². The Morgan fingerprint density at radius 1 is 1.36 bits per heavy atom. The van der Waals surface area contributed by atoms with Crippen molar-refractivity contribution in [2.45, 2.75) is 26.2 Å². The molecule has 1 aromatic heterocycles. The average molecular weight is 150 g/mol. The summed E-state index contributed by atoms with van der Waals surface area (Å²) in [6, 6.07) is 4.38. The van der Waals surface area contributed by atoms with Gasteiger partial charge in [-0.1, -0.05) is 13.8 Å². The Morgan fingerprint density at radius 2 is 1.91 bits per heavy atom. The zero-order chi connectivity index (χ0) is 8.27. The number of aromatic nitrogens is 1. The maximum absolute atomic E-state index is 2.26. The van der Waals surface area contributed by atoms with Gasteiger partial charge >= 0.3 is 0 Å². The van der Waals surface area contributed by atoms with Crippen molar-refractivity contribution < 1.29 is 4.57 Å². The van der Waals surface area contributed by atoms with Crippen LogP contribution in [0, 0.1) is 0 Å². The highest BCUT2D eigenvalue weighted by Gasteiger charge is 2.02. The van der Waals surface area contributed by atoms with E-state index in [9.17, 15) is 0 Å². The summed E-state index contributed by atoms with van der Waals surface area (Å²) in [5.74, 6) is 0.691. The van der Waals surface area contributed by atoms with Gasteiger partial charge in [-0.2, -0.15) is 0 Å². The van der Waals surface area contributed by atoms with Crippen LogP contribution in [0.15, 0.2) is 24.5 Å². The van der Waals surface area contributed by atoms with E-state index in [-0.39, 0.29) is 0 Å². The lowest BCUT2D eigenvalue weighted by Crippen LogP contribution is -2.26. The summed E-state index contributed by atoms with van der Waals surface area (Å²) in [6.45, 7) is 4.48. The maximum atomic E-state index is 2.26. The van der Waals surface area contributed by atoms with Crippen molar-refractivity contribution in [2.24, 2.45) is 7.05 Å². The van der Waals surface area contributed by atoms with Gasteiger partial charge in [0.05, 0.1) is 0 Å². The van der Waals surface area contributed by atoms with Crippen molar-refractivity contribution in [3.8, 4) is 0 Å². The van der Waals surface area contributed by atoms with Gasteiger partial charge in [0.2, 0.25) is 0 Å². The minimum Gasteiger partial charge on any atom is -0.208 e. The molecule has 60 valence electrons. The van der Waals surface area contributed by atoms with Crippen molar-refractivity contribution in [3.05, 3.63) is 30.1 Å². The van der Waals surface area contributed by atoms with Crippen LogP contribution in [-0.2, 0) is 7.05 Å². The van der Waals surface area contributed by atoms with E-state index in [0.717, 1.165) is 0 Å². The molecule has 1 rings (SSSR count). The second kappa shape index (κ2) is 3.51. The molecule has 0 aliphatic rings. The van der Waals surface area contributed by atoms with Crippen molar-refractivity contribution in [3.63, 3.8) is 0 Å². The quantitative estimate of drug-likeness (QED) is 0.568. The number of aryl methyl sites for hydroxylation is 1. The first-order chi connectivity index (χ1) is 5.24. The lowest BCUT2D eigenvalue weighted by atomic mass is 10.0. The van der Waals surface area contributed by atoms with E-state index in [1.807, 2.05) is 7.05 Å². The molecular formula is C10H16N+. The standard InChI is InChI=1S/C10H16N/c1-4-9(2)10-5-7-11(3)8-6-10/h5-9H,4H2,1-3H3/q+1. The van der Waals surface area contributed by atoms with Gasteiger partial charge in [-0.15, -0.1) is 0 Å². The smallest absolute Gasteiger partial charge is 0.168 e. The van der Waals surface area contributed by atoms with Crippen LogP contribution in [-0.4, -0.2) is 0 Å². The highest BCUT2D eigenvalue weighted by atomic mass is 14.9. The van der Waals surface area contributed by atoms with Crippen molar-refractivity contribution in [1.82, 2.24) is 0 Å². The normalized spacial score (nSPS) is 13.0. The van der Waals surface area contributed by atoms with Crippen LogP contribution in [0.2, 0.25) is 0 Å². The molecule has 0 aliphatic heterocycles. The zero-order valence-corrected chi connectivity index (χ0v) is 7.54. The summed E-state index contributed by atoms with van der Waals surface area (Å²) >= 11 is 0. The largest absolute Gasteiger partial charge is 0.208 e. The Labute approximate surface area is 68.7 Å². The number of nitrogens with zero attached hydrogens (tertiary/aromatic N) is 1. The van der Waals surface area contributed by atoms with Gasteiger partial charge in [0.25, 0.3) is 0 Å². The van der Waals surface area contributed by atoms with Crippen molar-refractivity contribution in [2.75, 3.05) is 0 Å². The molecule has 1 heterocycles. The Hall–Kier alpha value is -0.850. The molecule has 0 fully saturated rings. The highest BCUT2D eigenvalue weighted by Crippen LogP contribution is 2.15. The summed E-state index contributed by atoms with van der Waals surface area (Å²) in [4.78, 5) is 0. The molecule has 1 unspecified atom stereocenters. The van der Waals surface area contributed by atoms with E-state index >= 15 is 0 Å². The molecular weight excluding hydrogens is 134 g/mol.